The first-order valence-corrected chi connectivity index (χ1v) is 14.0. The van der Waals surface area contributed by atoms with E-state index in [1.54, 1.807) is 29.3 Å². The van der Waals surface area contributed by atoms with E-state index >= 15 is 0 Å². The maximum absolute atomic E-state index is 13.0. The van der Waals surface area contributed by atoms with Gasteiger partial charge in [0.2, 0.25) is 5.91 Å². The lowest BCUT2D eigenvalue weighted by Gasteiger charge is -2.28. The number of methoxy groups -OCH3 is 1. The van der Waals surface area contributed by atoms with E-state index in [1.807, 2.05) is 82.1 Å². The van der Waals surface area contributed by atoms with Gasteiger partial charge in [0.15, 0.2) is 5.78 Å². The number of benzene rings is 3. The van der Waals surface area contributed by atoms with Crippen LogP contribution in [0, 0.1) is 6.92 Å². The summed E-state index contributed by atoms with van der Waals surface area (Å²) in [5.41, 5.74) is 4.96. The minimum absolute atomic E-state index is 0.0194. The molecule has 0 atom stereocenters. The van der Waals surface area contributed by atoms with E-state index in [1.165, 1.54) is 7.11 Å². The smallest absolute Gasteiger partial charge is 0.337 e. The first-order chi connectivity index (χ1) is 19.4. The molecule has 1 aliphatic rings. The molecule has 7 heteroatoms. The van der Waals surface area contributed by atoms with Crippen LogP contribution in [0.1, 0.15) is 72.4 Å². The molecule has 0 aromatic heterocycles. The number of hydrogen-bond acceptors (Lipinski definition) is 6. The molecule has 0 unspecified atom stereocenters. The van der Waals surface area contributed by atoms with Crippen LogP contribution in [-0.4, -0.2) is 59.5 Å². The van der Waals surface area contributed by atoms with Crippen LogP contribution < -0.4 is 0 Å². The van der Waals surface area contributed by atoms with Crippen LogP contribution in [0.2, 0.25) is 0 Å². The van der Waals surface area contributed by atoms with Gasteiger partial charge in [-0.1, -0.05) is 64.1 Å². The number of phenols is 1. The van der Waals surface area contributed by atoms with Gasteiger partial charge in [0, 0.05) is 38.0 Å². The molecule has 0 bridgehead atoms. The lowest BCUT2D eigenvalue weighted by Crippen LogP contribution is -2.41. The Bertz CT molecular complexity index is 1270. The number of carbonyl (C=O) groups excluding carboxylic acids is 3. The van der Waals surface area contributed by atoms with Gasteiger partial charge in [-0.15, -0.1) is 0 Å². The topological polar surface area (TPSA) is 87.2 Å². The number of phenolic OH excluding ortho intramolecular Hbond substituents is 1. The van der Waals surface area contributed by atoms with Crippen LogP contribution >= 0.6 is 0 Å². The summed E-state index contributed by atoms with van der Waals surface area (Å²) in [6.07, 6.45) is 1.38. The third kappa shape index (κ3) is 8.52. The van der Waals surface area contributed by atoms with Crippen LogP contribution in [0.15, 0.2) is 66.7 Å². The average molecular weight is 547 g/mol. The Kier molecular flexibility index (Phi) is 13.1. The number of hydrazine groups is 1. The van der Waals surface area contributed by atoms with Crippen molar-refractivity contribution in [2.24, 2.45) is 0 Å². The Balaban J connectivity index is 0.00000134. The number of amides is 1. The van der Waals surface area contributed by atoms with Crippen molar-refractivity contribution >= 4 is 17.7 Å². The SMILES string of the molecule is CC.CC.COC(=O)c1ccc(CCN2C(=O)CCN2CCC(=O)c2cccc(-c3ccc(O)cc3C)c2)cc1. The van der Waals surface area contributed by atoms with Crippen molar-refractivity contribution in [2.75, 3.05) is 26.7 Å². The number of nitrogens with zero attached hydrogens (tertiary/aromatic N) is 2. The summed E-state index contributed by atoms with van der Waals surface area (Å²) in [5.74, 6) is -0.0910. The van der Waals surface area contributed by atoms with Gasteiger partial charge in [0.25, 0.3) is 0 Å². The highest BCUT2D eigenvalue weighted by molar-refractivity contribution is 5.97. The Morgan fingerprint density at radius 1 is 0.900 bits per heavy atom. The molecule has 1 N–H and O–H groups in total. The second-order valence-corrected chi connectivity index (χ2v) is 8.91. The number of aryl methyl sites for hydroxylation is 1. The van der Waals surface area contributed by atoms with Crippen LogP contribution in [0.5, 0.6) is 5.75 Å². The molecule has 1 fully saturated rings. The highest BCUT2D eigenvalue weighted by atomic mass is 16.5. The first kappa shape index (κ1) is 32.2. The summed E-state index contributed by atoms with van der Waals surface area (Å²) in [7, 11) is 1.35. The predicted octanol–water partition coefficient (Wildman–Crippen LogP) is 6.47. The fourth-order valence-corrected chi connectivity index (χ4v) is 4.50. The molecule has 40 heavy (non-hydrogen) atoms. The van der Waals surface area contributed by atoms with Crippen molar-refractivity contribution in [1.29, 1.82) is 0 Å². The number of aromatic hydroxyl groups is 1. The van der Waals surface area contributed by atoms with Crippen LogP contribution in [-0.2, 0) is 16.0 Å². The molecule has 1 aliphatic heterocycles. The molecule has 7 nitrogen and oxygen atoms in total. The largest absolute Gasteiger partial charge is 0.508 e. The molecule has 4 rings (SSSR count). The summed E-state index contributed by atoms with van der Waals surface area (Å²) in [6.45, 7) is 11.5. The third-order valence-electron chi connectivity index (χ3n) is 6.50. The lowest BCUT2D eigenvalue weighted by atomic mass is 9.97. The highest BCUT2D eigenvalue weighted by Gasteiger charge is 2.28. The van der Waals surface area contributed by atoms with Gasteiger partial charge in [0.05, 0.1) is 12.7 Å². The molecule has 1 heterocycles. The zero-order valence-corrected chi connectivity index (χ0v) is 24.6. The Morgan fingerprint density at radius 3 is 2.25 bits per heavy atom. The van der Waals surface area contributed by atoms with Gasteiger partial charge in [-0.2, -0.15) is 0 Å². The Morgan fingerprint density at radius 2 is 1.60 bits per heavy atom. The van der Waals surface area contributed by atoms with Crippen LogP contribution in [0.3, 0.4) is 0 Å². The number of ether oxygens (including phenoxy) is 1. The highest BCUT2D eigenvalue weighted by Crippen LogP contribution is 2.27. The summed E-state index contributed by atoms with van der Waals surface area (Å²) in [4.78, 5) is 37.1. The van der Waals surface area contributed by atoms with Gasteiger partial charge >= 0.3 is 5.97 Å². The maximum Gasteiger partial charge on any atom is 0.337 e. The van der Waals surface area contributed by atoms with Crippen molar-refractivity contribution in [3.8, 4) is 16.9 Å². The quantitative estimate of drug-likeness (QED) is 0.244. The molecule has 0 saturated carbocycles. The van der Waals surface area contributed by atoms with Crippen molar-refractivity contribution in [1.82, 2.24) is 10.0 Å². The Hall–Kier alpha value is -3.97. The molecule has 1 saturated heterocycles. The van der Waals surface area contributed by atoms with Crippen LogP contribution in [0.25, 0.3) is 11.1 Å². The minimum atomic E-state index is -0.379. The number of rotatable bonds is 9. The molecule has 3 aromatic rings. The molecule has 3 aromatic carbocycles. The van der Waals surface area contributed by atoms with Crippen molar-refractivity contribution < 1.29 is 24.2 Å². The predicted molar refractivity (Wildman–Crippen MR) is 159 cm³/mol. The summed E-state index contributed by atoms with van der Waals surface area (Å²) in [5, 5.41) is 13.4. The first-order valence-electron chi connectivity index (χ1n) is 14.0. The van der Waals surface area contributed by atoms with E-state index < -0.39 is 0 Å². The van der Waals surface area contributed by atoms with E-state index in [4.69, 9.17) is 4.74 Å². The van der Waals surface area contributed by atoms with E-state index in [0.717, 1.165) is 22.3 Å². The van der Waals surface area contributed by atoms with Gasteiger partial charge in [-0.3, -0.25) is 14.6 Å². The normalized spacial score (nSPS) is 12.7. The monoisotopic (exact) mass is 546 g/mol. The zero-order chi connectivity index (χ0) is 29.7. The summed E-state index contributed by atoms with van der Waals surface area (Å²) >= 11 is 0. The third-order valence-corrected chi connectivity index (χ3v) is 6.50. The van der Waals surface area contributed by atoms with E-state index in [-0.39, 0.29) is 23.4 Å². The van der Waals surface area contributed by atoms with Gasteiger partial charge < -0.3 is 9.84 Å². The molecule has 0 aliphatic carbocycles. The summed E-state index contributed by atoms with van der Waals surface area (Å²) in [6, 6.07) is 19.9. The van der Waals surface area contributed by atoms with E-state index in [0.29, 0.717) is 50.0 Å². The molecular weight excluding hydrogens is 504 g/mol. The fourth-order valence-electron chi connectivity index (χ4n) is 4.50. The molecule has 214 valence electrons. The van der Waals surface area contributed by atoms with Gasteiger partial charge in [-0.05, 0) is 65.9 Å². The van der Waals surface area contributed by atoms with Crippen molar-refractivity contribution in [3.05, 3.63) is 89.0 Å². The average Bonchev–Trinajstić information content (AvgIpc) is 3.35. The zero-order valence-electron chi connectivity index (χ0n) is 24.6. The van der Waals surface area contributed by atoms with E-state index in [2.05, 4.69) is 0 Å². The number of carbonyl (C=O) groups is 3. The lowest BCUT2D eigenvalue weighted by molar-refractivity contribution is -0.137. The second kappa shape index (κ2) is 16.2. The number of Topliss-reactive ketones (excluding diaryl/α,β-unsaturated/α-hetero) is 1. The molecule has 0 radical (unpaired) electrons. The van der Waals surface area contributed by atoms with E-state index in [9.17, 15) is 19.5 Å². The van der Waals surface area contributed by atoms with Gasteiger partial charge in [-0.25, -0.2) is 9.80 Å². The second-order valence-electron chi connectivity index (χ2n) is 8.91. The summed E-state index contributed by atoms with van der Waals surface area (Å²) < 4.78 is 4.73. The number of hydrogen-bond donors (Lipinski definition) is 1. The standard InChI is InChI=1S/C29H30N2O5.2C2H6/c1-20-18-25(32)10-11-26(20)23-4-3-5-24(19-23)27(33)13-15-30-16-14-28(34)31(30)17-12-21-6-8-22(9-7-21)29(35)36-2;2*1-2/h3-11,18-19,32H,12-17H2,1-2H3;2*1-2H3. The minimum Gasteiger partial charge on any atom is -0.508 e. The van der Waals surface area contributed by atoms with Crippen molar-refractivity contribution in [2.45, 2.75) is 53.9 Å². The number of esters is 1. The molecule has 1 amide bonds. The van der Waals surface area contributed by atoms with Gasteiger partial charge in [0.1, 0.15) is 5.75 Å². The Labute approximate surface area is 238 Å². The van der Waals surface area contributed by atoms with Crippen molar-refractivity contribution in [3.63, 3.8) is 0 Å². The maximum atomic E-state index is 13.0. The molecular formula is C33H42N2O5. The number of ketones is 1. The molecule has 0 spiro atoms. The van der Waals surface area contributed by atoms with Crippen LogP contribution in [0.4, 0.5) is 0 Å². The fraction of sp³-hybridized carbons (Fsp3) is 0.364.